The lowest BCUT2D eigenvalue weighted by molar-refractivity contribution is -0.134. The zero-order valence-corrected chi connectivity index (χ0v) is 19.4. The van der Waals surface area contributed by atoms with Gasteiger partial charge in [0.05, 0.1) is 18.3 Å². The maximum atomic E-state index is 13.0. The molecule has 13 nitrogen and oxygen atoms in total. The lowest BCUT2D eigenvalue weighted by Crippen LogP contribution is -2.44. The third kappa shape index (κ3) is 3.47. The Hall–Kier alpha value is -3.90. The molecule has 2 atom stereocenters. The molecule has 0 aromatic carbocycles. The Kier molecular flexibility index (Phi) is 5.46. The van der Waals surface area contributed by atoms with Gasteiger partial charge in [-0.25, -0.2) is 15.0 Å². The molecule has 2 saturated heterocycles. The van der Waals surface area contributed by atoms with Gasteiger partial charge >= 0.3 is 0 Å². The van der Waals surface area contributed by atoms with Gasteiger partial charge in [-0.3, -0.25) is 14.9 Å². The van der Waals surface area contributed by atoms with Crippen LogP contribution < -0.4 is 4.74 Å². The molecule has 13 heteroatoms. The van der Waals surface area contributed by atoms with Crippen LogP contribution in [0.4, 0.5) is 0 Å². The number of carbonyl (C=O) groups excluding carboxylic acids is 1. The van der Waals surface area contributed by atoms with Gasteiger partial charge in [0.2, 0.25) is 11.8 Å². The summed E-state index contributed by atoms with van der Waals surface area (Å²) in [5.74, 6) is 1.20. The first-order chi connectivity index (χ1) is 16.4. The van der Waals surface area contributed by atoms with E-state index in [0.29, 0.717) is 49.4 Å². The van der Waals surface area contributed by atoms with Crippen molar-refractivity contribution in [2.45, 2.75) is 51.8 Å². The zero-order valence-electron chi connectivity index (χ0n) is 19.4. The number of aromatic nitrogens is 6. The summed E-state index contributed by atoms with van der Waals surface area (Å²) in [7, 11) is 1.91. The van der Waals surface area contributed by atoms with Crippen molar-refractivity contribution in [1.82, 2.24) is 39.2 Å². The van der Waals surface area contributed by atoms with Gasteiger partial charge in [-0.1, -0.05) is 5.22 Å². The Bertz CT molecular complexity index is 1280. The van der Waals surface area contributed by atoms with E-state index in [-0.39, 0.29) is 17.8 Å². The molecule has 178 valence electrons. The largest absolute Gasteiger partial charge is 0.471 e. The summed E-state index contributed by atoms with van der Waals surface area (Å²) < 4.78 is 10.0. The van der Waals surface area contributed by atoms with E-state index in [1.165, 1.54) is 11.3 Å². The van der Waals surface area contributed by atoms with Gasteiger partial charge in [-0.2, -0.15) is 15.6 Å². The molecule has 34 heavy (non-hydrogen) atoms. The summed E-state index contributed by atoms with van der Waals surface area (Å²) in [5, 5.41) is 16.8. The second-order valence-electron chi connectivity index (χ2n) is 8.56. The molecule has 2 aliphatic rings. The predicted molar refractivity (Wildman–Crippen MR) is 121 cm³/mol. The molecule has 0 radical (unpaired) electrons. The number of amidine groups is 1. The van der Waals surface area contributed by atoms with Crippen molar-refractivity contribution < 1.29 is 9.53 Å². The van der Waals surface area contributed by atoms with Gasteiger partial charge < -0.3 is 14.2 Å². The number of hydrogen-bond donors (Lipinski definition) is 2. The van der Waals surface area contributed by atoms with E-state index in [4.69, 9.17) is 20.7 Å². The first-order valence-corrected chi connectivity index (χ1v) is 11.3. The van der Waals surface area contributed by atoms with Crippen LogP contribution >= 0.6 is 0 Å². The third-order valence-corrected chi connectivity index (χ3v) is 6.62. The highest BCUT2D eigenvalue weighted by Gasteiger charge is 2.39. The number of fused-ring (bicyclic) bond motifs is 1. The molecule has 0 bridgehead atoms. The SMILES string of the molecule is CCn1ncc(-c2nc3c(O[C@H]4CCN(C(=O)C5CCC(=N)N5N=N)C4)ncnc3n2C)c1C. The molecule has 5 heterocycles. The van der Waals surface area contributed by atoms with Crippen LogP contribution in [0.25, 0.3) is 22.6 Å². The summed E-state index contributed by atoms with van der Waals surface area (Å²) >= 11 is 0. The first kappa shape index (κ1) is 21.9. The molecular weight excluding hydrogens is 438 g/mol. The van der Waals surface area contributed by atoms with E-state index >= 15 is 0 Å². The summed E-state index contributed by atoms with van der Waals surface area (Å²) in [4.78, 5) is 28.2. The van der Waals surface area contributed by atoms with Crippen LogP contribution in [0.3, 0.4) is 0 Å². The molecule has 3 aromatic heterocycles. The molecule has 1 unspecified atom stereocenters. The molecule has 2 N–H and O–H groups in total. The van der Waals surface area contributed by atoms with Gasteiger partial charge in [0.1, 0.15) is 30.1 Å². The number of nitrogens with zero attached hydrogens (tertiary/aromatic N) is 9. The number of likely N-dealkylation sites (tertiary alicyclic amines) is 1. The lowest BCUT2D eigenvalue weighted by Gasteiger charge is -2.24. The summed E-state index contributed by atoms with van der Waals surface area (Å²) in [6, 6.07) is -0.583. The van der Waals surface area contributed by atoms with E-state index < -0.39 is 6.04 Å². The number of rotatable bonds is 6. The minimum atomic E-state index is -0.583. The van der Waals surface area contributed by atoms with E-state index in [2.05, 4.69) is 20.3 Å². The van der Waals surface area contributed by atoms with E-state index in [1.54, 1.807) is 4.90 Å². The smallest absolute Gasteiger partial charge is 0.247 e. The van der Waals surface area contributed by atoms with Crippen molar-refractivity contribution in [3.05, 3.63) is 18.2 Å². The van der Waals surface area contributed by atoms with Crippen LogP contribution in [0.5, 0.6) is 5.88 Å². The van der Waals surface area contributed by atoms with E-state index in [1.807, 2.05) is 36.3 Å². The van der Waals surface area contributed by atoms with E-state index in [0.717, 1.165) is 23.6 Å². The third-order valence-electron chi connectivity index (χ3n) is 6.62. The van der Waals surface area contributed by atoms with Crippen molar-refractivity contribution in [1.29, 1.82) is 10.9 Å². The predicted octanol–water partition coefficient (Wildman–Crippen LogP) is 1.92. The fourth-order valence-electron chi connectivity index (χ4n) is 4.74. The fourth-order valence-corrected chi connectivity index (χ4v) is 4.74. The summed E-state index contributed by atoms with van der Waals surface area (Å²) in [6.45, 7) is 5.77. The molecule has 5 rings (SSSR count). The molecule has 3 aromatic rings. The Morgan fingerprint density at radius 2 is 2.15 bits per heavy atom. The Balaban J connectivity index is 1.36. The number of hydrogen-bond acceptors (Lipinski definition) is 9. The van der Waals surface area contributed by atoms with Gasteiger partial charge in [-0.15, -0.1) is 0 Å². The highest BCUT2D eigenvalue weighted by molar-refractivity contribution is 5.92. The van der Waals surface area contributed by atoms with Gasteiger partial charge in [0.15, 0.2) is 11.2 Å². The Morgan fingerprint density at radius 1 is 1.32 bits per heavy atom. The van der Waals surface area contributed by atoms with E-state index in [9.17, 15) is 4.79 Å². The maximum Gasteiger partial charge on any atom is 0.247 e. The normalized spacial score (nSPS) is 20.5. The van der Waals surface area contributed by atoms with Crippen molar-refractivity contribution in [3.8, 4) is 17.3 Å². The first-order valence-electron chi connectivity index (χ1n) is 11.3. The average Bonchev–Trinajstić information content (AvgIpc) is 3.60. The minimum Gasteiger partial charge on any atom is -0.471 e. The highest BCUT2D eigenvalue weighted by Crippen LogP contribution is 2.30. The number of amides is 1. The molecule has 0 saturated carbocycles. The molecule has 2 fully saturated rings. The van der Waals surface area contributed by atoms with Crippen molar-refractivity contribution in [3.63, 3.8) is 0 Å². The second kappa shape index (κ2) is 8.47. The Labute approximate surface area is 195 Å². The van der Waals surface area contributed by atoms with Crippen LogP contribution in [0, 0.1) is 17.9 Å². The van der Waals surface area contributed by atoms with Crippen LogP contribution in [-0.2, 0) is 18.4 Å². The van der Waals surface area contributed by atoms with Gasteiger partial charge in [0.25, 0.3) is 0 Å². The standard InChI is InChI=1S/C21H27N11O2/c1-4-31-12(2)14(9-26-31)18-27-17-19(29(18)3)24-11-25-20(17)34-13-7-8-30(10-13)21(33)15-5-6-16(22)32(15)28-23/h9,11,13,15,22-23H,4-8,10H2,1-3H3/t13-,15?/m0/s1. The van der Waals surface area contributed by atoms with Crippen molar-refractivity contribution in [2.75, 3.05) is 13.1 Å². The van der Waals surface area contributed by atoms with Crippen LogP contribution in [0.15, 0.2) is 17.7 Å². The van der Waals surface area contributed by atoms with Crippen molar-refractivity contribution >= 4 is 22.9 Å². The van der Waals surface area contributed by atoms with Crippen molar-refractivity contribution in [2.24, 2.45) is 12.3 Å². The quantitative estimate of drug-likeness (QED) is 0.527. The van der Waals surface area contributed by atoms with Crippen LogP contribution in [0.1, 0.15) is 31.9 Å². The topological polar surface area (TPSA) is 154 Å². The minimum absolute atomic E-state index is 0.124. The summed E-state index contributed by atoms with van der Waals surface area (Å²) in [5.41, 5.74) is 10.5. The number of aryl methyl sites for hydroxylation is 2. The number of ether oxygens (including phenoxy) is 1. The number of carbonyl (C=O) groups is 1. The second-order valence-corrected chi connectivity index (χ2v) is 8.56. The lowest BCUT2D eigenvalue weighted by atomic mass is 10.2. The van der Waals surface area contributed by atoms with Crippen LogP contribution in [-0.4, -0.2) is 76.2 Å². The highest BCUT2D eigenvalue weighted by atomic mass is 16.5. The molecule has 0 spiro atoms. The fraction of sp³-hybridized carbons (Fsp3) is 0.524. The molecule has 0 aliphatic carbocycles. The zero-order chi connectivity index (χ0) is 24.0. The number of imidazole rings is 1. The molecule has 1 amide bonds. The molecule has 2 aliphatic heterocycles. The number of nitrogens with one attached hydrogen (secondary N) is 2. The van der Waals surface area contributed by atoms with Gasteiger partial charge in [0, 0.05) is 38.7 Å². The average molecular weight is 466 g/mol. The van der Waals surface area contributed by atoms with Gasteiger partial charge in [-0.05, 0) is 20.3 Å². The maximum absolute atomic E-state index is 13.0. The Morgan fingerprint density at radius 3 is 2.88 bits per heavy atom. The van der Waals surface area contributed by atoms with Crippen LogP contribution in [0.2, 0.25) is 0 Å². The monoisotopic (exact) mass is 465 g/mol. The summed E-state index contributed by atoms with van der Waals surface area (Å²) in [6.07, 6.45) is 4.63. The molecular formula is C21H27N11O2.